The van der Waals surface area contributed by atoms with E-state index in [2.05, 4.69) is 4.74 Å². The molecule has 0 amide bonds. The molecule has 0 spiro atoms. The van der Waals surface area contributed by atoms with Crippen molar-refractivity contribution in [3.63, 3.8) is 0 Å². The van der Waals surface area contributed by atoms with Gasteiger partial charge in [-0.2, -0.15) is 11.3 Å². The van der Waals surface area contributed by atoms with Gasteiger partial charge in [0.05, 0.1) is 6.61 Å². The van der Waals surface area contributed by atoms with Crippen LogP contribution < -0.4 is 0 Å². The number of halogens is 2. The van der Waals surface area contributed by atoms with Crippen molar-refractivity contribution in [1.82, 2.24) is 0 Å². The van der Waals surface area contributed by atoms with Crippen LogP contribution in [0.3, 0.4) is 0 Å². The zero-order valence-electron chi connectivity index (χ0n) is 8.83. The van der Waals surface area contributed by atoms with E-state index in [4.69, 9.17) is 0 Å². The molecule has 0 radical (unpaired) electrons. The van der Waals surface area contributed by atoms with Crippen molar-refractivity contribution in [2.45, 2.75) is 25.7 Å². The molecule has 90 valence electrons. The molecule has 1 rings (SSSR count). The Labute approximate surface area is 97.2 Å². The second kappa shape index (κ2) is 7.46. The molecule has 0 fully saturated rings. The molecule has 1 aromatic rings. The van der Waals surface area contributed by atoms with E-state index in [0.717, 1.165) is 12.0 Å². The molecule has 0 aliphatic rings. The van der Waals surface area contributed by atoms with Crippen LogP contribution in [0.1, 0.15) is 18.4 Å². The minimum Gasteiger partial charge on any atom is -0.375 e. The van der Waals surface area contributed by atoms with Gasteiger partial charge >= 0.3 is 0 Å². The number of hydrogen-bond donors (Lipinski definition) is 0. The van der Waals surface area contributed by atoms with E-state index in [1.807, 2.05) is 16.8 Å². The fourth-order valence-corrected chi connectivity index (χ4v) is 1.91. The summed E-state index contributed by atoms with van der Waals surface area (Å²) in [5.41, 5.74) is 1.15. The van der Waals surface area contributed by atoms with Crippen LogP contribution in [0.15, 0.2) is 16.8 Å². The van der Waals surface area contributed by atoms with E-state index in [0.29, 0.717) is 6.42 Å². The van der Waals surface area contributed by atoms with Gasteiger partial charge in [0, 0.05) is 12.8 Å². The molecular weight excluding hydrogens is 234 g/mol. The Hall–Kier alpha value is -0.810. The Balaban J connectivity index is 2.03. The highest BCUT2D eigenvalue weighted by molar-refractivity contribution is 7.07. The number of Topliss-reactive ketones (excluding diaryl/α,β-unsaturated/α-hetero) is 1. The monoisotopic (exact) mass is 248 g/mol. The third-order valence-corrected chi connectivity index (χ3v) is 2.77. The fraction of sp³-hybridized carbons (Fsp3) is 0.545. The van der Waals surface area contributed by atoms with Crippen molar-refractivity contribution >= 4 is 17.1 Å². The summed E-state index contributed by atoms with van der Waals surface area (Å²) in [5.74, 6) is 0.0560. The number of carbonyl (C=O) groups excluding carboxylic acids is 1. The highest BCUT2D eigenvalue weighted by atomic mass is 32.1. The third kappa shape index (κ3) is 5.92. The van der Waals surface area contributed by atoms with Crippen molar-refractivity contribution in [1.29, 1.82) is 0 Å². The van der Waals surface area contributed by atoms with Gasteiger partial charge in [-0.05, 0) is 28.8 Å². The maximum atomic E-state index is 11.7. The Bertz CT molecular complexity index is 299. The van der Waals surface area contributed by atoms with Gasteiger partial charge in [-0.25, -0.2) is 8.78 Å². The second-order valence-electron chi connectivity index (χ2n) is 3.39. The quantitative estimate of drug-likeness (QED) is 0.661. The number of aryl methyl sites for hydroxylation is 1. The van der Waals surface area contributed by atoms with Crippen LogP contribution in [0.4, 0.5) is 8.78 Å². The minimum absolute atomic E-state index is 0.0560. The summed E-state index contributed by atoms with van der Waals surface area (Å²) in [6, 6.07) is 1.98. The lowest BCUT2D eigenvalue weighted by Crippen LogP contribution is -2.09. The highest BCUT2D eigenvalue weighted by Gasteiger charge is 2.05. The van der Waals surface area contributed by atoms with Crippen LogP contribution in [0.2, 0.25) is 0 Å². The lowest BCUT2D eigenvalue weighted by Gasteiger charge is -2.02. The summed E-state index contributed by atoms with van der Waals surface area (Å²) < 4.78 is 28.0. The summed E-state index contributed by atoms with van der Waals surface area (Å²) >= 11 is 1.60. The van der Waals surface area contributed by atoms with Gasteiger partial charge in [0.15, 0.2) is 0 Å². The Kier molecular flexibility index (Phi) is 6.18. The molecule has 16 heavy (non-hydrogen) atoms. The van der Waals surface area contributed by atoms with E-state index in [-0.39, 0.29) is 18.8 Å². The molecule has 0 aliphatic carbocycles. The predicted molar refractivity (Wildman–Crippen MR) is 59.1 cm³/mol. The molecule has 0 N–H and O–H groups in total. The SMILES string of the molecule is O=C(CCOCC(F)F)CCc1ccsc1. The van der Waals surface area contributed by atoms with Gasteiger partial charge < -0.3 is 4.74 Å². The predicted octanol–water partition coefficient (Wildman–Crippen LogP) is 2.92. The van der Waals surface area contributed by atoms with Crippen molar-refractivity contribution in [3.05, 3.63) is 22.4 Å². The molecule has 0 atom stereocenters. The van der Waals surface area contributed by atoms with Crippen LogP contribution in [-0.2, 0) is 16.0 Å². The number of rotatable bonds is 8. The van der Waals surface area contributed by atoms with Crippen molar-refractivity contribution < 1.29 is 18.3 Å². The van der Waals surface area contributed by atoms with Gasteiger partial charge in [0.25, 0.3) is 6.43 Å². The number of ketones is 1. The maximum Gasteiger partial charge on any atom is 0.261 e. The normalized spacial score (nSPS) is 10.9. The number of alkyl halides is 2. The zero-order chi connectivity index (χ0) is 11.8. The van der Waals surface area contributed by atoms with Crippen molar-refractivity contribution in [3.8, 4) is 0 Å². The first-order valence-electron chi connectivity index (χ1n) is 5.07. The summed E-state index contributed by atoms with van der Waals surface area (Å²) in [4.78, 5) is 11.3. The van der Waals surface area contributed by atoms with E-state index in [9.17, 15) is 13.6 Å². The number of carbonyl (C=O) groups is 1. The van der Waals surface area contributed by atoms with E-state index >= 15 is 0 Å². The Morgan fingerprint density at radius 1 is 1.44 bits per heavy atom. The summed E-state index contributed by atoms with van der Waals surface area (Å²) in [6.07, 6.45) is -1.07. The maximum absolute atomic E-state index is 11.7. The molecule has 1 aromatic heterocycles. The van der Waals surface area contributed by atoms with E-state index in [1.54, 1.807) is 11.3 Å². The first-order valence-corrected chi connectivity index (χ1v) is 6.01. The molecule has 0 aliphatic heterocycles. The molecule has 1 heterocycles. The lowest BCUT2D eigenvalue weighted by atomic mass is 10.1. The summed E-state index contributed by atoms with van der Waals surface area (Å²) in [7, 11) is 0. The van der Waals surface area contributed by atoms with E-state index < -0.39 is 13.0 Å². The van der Waals surface area contributed by atoms with Crippen LogP contribution in [0.5, 0.6) is 0 Å². The molecule has 0 bridgehead atoms. The number of thiophene rings is 1. The van der Waals surface area contributed by atoms with Crippen LogP contribution in [-0.4, -0.2) is 25.4 Å². The highest BCUT2D eigenvalue weighted by Crippen LogP contribution is 2.09. The molecule has 0 saturated heterocycles. The van der Waals surface area contributed by atoms with E-state index in [1.165, 1.54) is 0 Å². The van der Waals surface area contributed by atoms with Gasteiger partial charge in [-0.3, -0.25) is 4.79 Å². The van der Waals surface area contributed by atoms with Crippen LogP contribution in [0, 0.1) is 0 Å². The largest absolute Gasteiger partial charge is 0.375 e. The molecule has 0 saturated carbocycles. The summed E-state index contributed by atoms with van der Waals surface area (Å²) in [6.45, 7) is -0.495. The standard InChI is InChI=1S/C11H14F2O2S/c12-11(13)7-15-5-3-10(14)2-1-9-4-6-16-8-9/h4,6,8,11H,1-3,5,7H2. The first kappa shape index (κ1) is 13.3. The lowest BCUT2D eigenvalue weighted by molar-refractivity contribution is -0.120. The van der Waals surface area contributed by atoms with Gasteiger partial charge in [0.1, 0.15) is 12.4 Å². The van der Waals surface area contributed by atoms with Crippen LogP contribution >= 0.6 is 11.3 Å². The zero-order valence-corrected chi connectivity index (χ0v) is 9.64. The summed E-state index contributed by atoms with van der Waals surface area (Å²) in [5, 5.41) is 3.96. The molecule has 0 aromatic carbocycles. The molecule has 2 nitrogen and oxygen atoms in total. The number of ether oxygens (including phenoxy) is 1. The van der Waals surface area contributed by atoms with Crippen LogP contribution in [0.25, 0.3) is 0 Å². The van der Waals surface area contributed by atoms with Gasteiger partial charge in [-0.15, -0.1) is 0 Å². The van der Waals surface area contributed by atoms with Crippen molar-refractivity contribution in [2.75, 3.05) is 13.2 Å². The third-order valence-electron chi connectivity index (χ3n) is 2.04. The smallest absolute Gasteiger partial charge is 0.261 e. The number of hydrogen-bond acceptors (Lipinski definition) is 3. The average Bonchev–Trinajstić information content (AvgIpc) is 2.74. The van der Waals surface area contributed by atoms with Gasteiger partial charge in [-0.1, -0.05) is 0 Å². The topological polar surface area (TPSA) is 26.3 Å². The van der Waals surface area contributed by atoms with Crippen molar-refractivity contribution in [2.24, 2.45) is 0 Å². The second-order valence-corrected chi connectivity index (χ2v) is 4.17. The Morgan fingerprint density at radius 2 is 2.25 bits per heavy atom. The molecule has 0 unspecified atom stereocenters. The first-order chi connectivity index (χ1) is 7.68. The average molecular weight is 248 g/mol. The van der Waals surface area contributed by atoms with Gasteiger partial charge in [0.2, 0.25) is 0 Å². The Morgan fingerprint density at radius 3 is 2.88 bits per heavy atom. The molecule has 5 heteroatoms. The molecular formula is C11H14F2O2S. The minimum atomic E-state index is -2.46. The fourth-order valence-electron chi connectivity index (χ4n) is 1.20.